The van der Waals surface area contributed by atoms with E-state index < -0.39 is 6.10 Å². The molecule has 0 radical (unpaired) electrons. The third-order valence-electron chi connectivity index (χ3n) is 3.18. The Hall–Kier alpha value is -1.86. The van der Waals surface area contributed by atoms with Crippen LogP contribution in [0, 0.1) is 6.92 Å². The number of amides is 2. The van der Waals surface area contributed by atoms with Crippen molar-refractivity contribution in [2.24, 2.45) is 0 Å². The van der Waals surface area contributed by atoms with Gasteiger partial charge >= 0.3 is 6.03 Å². The maximum atomic E-state index is 12.0. The molecule has 3 unspecified atom stereocenters. The molecule has 7 heteroatoms. The van der Waals surface area contributed by atoms with Gasteiger partial charge in [-0.3, -0.25) is 0 Å². The maximum Gasteiger partial charge on any atom is 0.315 e. The van der Waals surface area contributed by atoms with Crippen LogP contribution in [0.15, 0.2) is 29.0 Å². The SMILES string of the molecule is Cc1cnc(C(C)NC(=O)NC(C)CC(O)c2ccco2)s1. The van der Waals surface area contributed by atoms with Crippen LogP contribution in [0.2, 0.25) is 0 Å². The van der Waals surface area contributed by atoms with Crippen LogP contribution in [0.1, 0.15) is 48.1 Å². The first-order chi connectivity index (χ1) is 10.5. The highest BCUT2D eigenvalue weighted by Gasteiger charge is 2.18. The lowest BCUT2D eigenvalue weighted by Gasteiger charge is -2.18. The second kappa shape index (κ2) is 7.42. The summed E-state index contributed by atoms with van der Waals surface area (Å²) in [5, 5.41) is 16.5. The molecular formula is C15H21N3O3S. The molecule has 0 bridgehead atoms. The predicted octanol–water partition coefficient (Wildman–Crippen LogP) is 2.92. The lowest BCUT2D eigenvalue weighted by Crippen LogP contribution is -2.42. The Kier molecular flexibility index (Phi) is 5.57. The molecule has 2 heterocycles. The Morgan fingerprint density at radius 1 is 1.45 bits per heavy atom. The van der Waals surface area contributed by atoms with Crippen LogP contribution in [-0.2, 0) is 0 Å². The first-order valence-corrected chi connectivity index (χ1v) is 7.98. The van der Waals surface area contributed by atoms with Crippen molar-refractivity contribution in [2.45, 2.75) is 45.4 Å². The van der Waals surface area contributed by atoms with Crippen molar-refractivity contribution in [3.8, 4) is 0 Å². The van der Waals surface area contributed by atoms with Crippen molar-refractivity contribution >= 4 is 17.4 Å². The number of rotatable bonds is 6. The van der Waals surface area contributed by atoms with E-state index in [9.17, 15) is 9.90 Å². The average molecular weight is 323 g/mol. The fourth-order valence-electron chi connectivity index (χ4n) is 2.09. The number of carbonyl (C=O) groups is 1. The summed E-state index contributed by atoms with van der Waals surface area (Å²) >= 11 is 1.56. The van der Waals surface area contributed by atoms with Crippen molar-refractivity contribution in [2.75, 3.05) is 0 Å². The summed E-state index contributed by atoms with van der Waals surface area (Å²) in [5.74, 6) is 0.501. The van der Waals surface area contributed by atoms with Gasteiger partial charge in [-0.05, 0) is 32.9 Å². The zero-order chi connectivity index (χ0) is 16.1. The Morgan fingerprint density at radius 2 is 2.23 bits per heavy atom. The zero-order valence-electron chi connectivity index (χ0n) is 12.9. The van der Waals surface area contributed by atoms with E-state index in [-0.39, 0.29) is 18.1 Å². The molecule has 0 aliphatic carbocycles. The lowest BCUT2D eigenvalue weighted by molar-refractivity contribution is 0.129. The van der Waals surface area contributed by atoms with E-state index >= 15 is 0 Å². The van der Waals surface area contributed by atoms with Gasteiger partial charge in [0.05, 0.1) is 12.3 Å². The van der Waals surface area contributed by atoms with E-state index in [0.717, 1.165) is 9.88 Å². The first kappa shape index (κ1) is 16.5. The van der Waals surface area contributed by atoms with Gasteiger partial charge in [0.15, 0.2) is 0 Å². The number of aliphatic hydroxyl groups is 1. The summed E-state index contributed by atoms with van der Waals surface area (Å²) in [6.45, 7) is 5.70. The normalized spacial score (nSPS) is 15.1. The van der Waals surface area contributed by atoms with Crippen LogP contribution >= 0.6 is 11.3 Å². The first-order valence-electron chi connectivity index (χ1n) is 7.16. The number of aryl methyl sites for hydroxylation is 1. The van der Waals surface area contributed by atoms with Crippen molar-refractivity contribution < 1.29 is 14.3 Å². The molecule has 0 saturated carbocycles. The van der Waals surface area contributed by atoms with Crippen molar-refractivity contribution in [3.63, 3.8) is 0 Å². The number of carbonyl (C=O) groups excluding carboxylic acids is 1. The quantitative estimate of drug-likeness (QED) is 0.763. The molecular weight excluding hydrogens is 302 g/mol. The lowest BCUT2D eigenvalue weighted by atomic mass is 10.1. The highest BCUT2D eigenvalue weighted by Crippen LogP contribution is 2.20. The summed E-state index contributed by atoms with van der Waals surface area (Å²) in [6.07, 6.45) is 2.95. The topological polar surface area (TPSA) is 87.4 Å². The second-order valence-electron chi connectivity index (χ2n) is 5.32. The van der Waals surface area contributed by atoms with Crippen LogP contribution in [0.25, 0.3) is 0 Å². The molecule has 2 amide bonds. The van der Waals surface area contributed by atoms with Gasteiger partial charge in [-0.15, -0.1) is 11.3 Å². The molecule has 2 aromatic heterocycles. The molecule has 3 N–H and O–H groups in total. The molecule has 0 saturated heterocycles. The molecule has 2 rings (SSSR count). The Morgan fingerprint density at radius 3 is 2.82 bits per heavy atom. The van der Waals surface area contributed by atoms with E-state index in [4.69, 9.17) is 4.42 Å². The Bertz CT molecular complexity index is 597. The van der Waals surface area contributed by atoms with E-state index in [1.165, 1.54) is 6.26 Å². The maximum absolute atomic E-state index is 12.0. The van der Waals surface area contributed by atoms with Gasteiger partial charge in [-0.25, -0.2) is 9.78 Å². The van der Waals surface area contributed by atoms with Gasteiger partial charge in [0.2, 0.25) is 0 Å². The van der Waals surface area contributed by atoms with Crippen LogP contribution in [0.3, 0.4) is 0 Å². The minimum Gasteiger partial charge on any atom is -0.467 e. The van der Waals surface area contributed by atoms with E-state index in [0.29, 0.717) is 12.2 Å². The standard InChI is InChI=1S/C15H21N3O3S/c1-9(7-12(19)13-5-4-6-21-13)17-15(20)18-11(3)14-16-8-10(2)22-14/h4-6,8-9,11-12,19H,7H2,1-3H3,(H2,17,18,20). The number of nitrogens with one attached hydrogen (secondary N) is 2. The summed E-state index contributed by atoms with van der Waals surface area (Å²) in [4.78, 5) is 17.3. The minimum absolute atomic E-state index is 0.152. The summed E-state index contributed by atoms with van der Waals surface area (Å²) in [5.41, 5.74) is 0. The van der Waals surface area contributed by atoms with E-state index in [2.05, 4.69) is 15.6 Å². The minimum atomic E-state index is -0.732. The number of urea groups is 1. The highest BCUT2D eigenvalue weighted by molar-refractivity contribution is 7.11. The highest BCUT2D eigenvalue weighted by atomic mass is 32.1. The van der Waals surface area contributed by atoms with Crippen molar-refractivity contribution in [1.29, 1.82) is 0 Å². The number of aliphatic hydroxyl groups excluding tert-OH is 1. The average Bonchev–Trinajstić information content (AvgIpc) is 3.08. The predicted molar refractivity (Wildman–Crippen MR) is 84.7 cm³/mol. The van der Waals surface area contributed by atoms with Gasteiger partial charge in [-0.1, -0.05) is 0 Å². The fourth-order valence-corrected chi connectivity index (χ4v) is 2.86. The number of hydrogen-bond acceptors (Lipinski definition) is 5. The Balaban J connectivity index is 1.78. The van der Waals surface area contributed by atoms with E-state index in [1.54, 1.807) is 29.7 Å². The molecule has 0 fully saturated rings. The van der Waals surface area contributed by atoms with Gasteiger partial charge in [-0.2, -0.15) is 0 Å². The third-order valence-corrected chi connectivity index (χ3v) is 4.28. The monoisotopic (exact) mass is 323 g/mol. The van der Waals surface area contributed by atoms with Crippen molar-refractivity contribution in [1.82, 2.24) is 15.6 Å². The largest absolute Gasteiger partial charge is 0.467 e. The second-order valence-corrected chi connectivity index (χ2v) is 6.58. The smallest absolute Gasteiger partial charge is 0.315 e. The number of thiazole rings is 1. The molecule has 2 aromatic rings. The molecule has 0 spiro atoms. The number of aromatic nitrogens is 1. The van der Waals surface area contributed by atoms with Crippen LogP contribution in [-0.4, -0.2) is 22.2 Å². The summed E-state index contributed by atoms with van der Waals surface area (Å²) in [7, 11) is 0. The molecule has 0 aromatic carbocycles. The summed E-state index contributed by atoms with van der Waals surface area (Å²) in [6, 6.07) is 2.82. The molecule has 22 heavy (non-hydrogen) atoms. The molecule has 3 atom stereocenters. The summed E-state index contributed by atoms with van der Waals surface area (Å²) < 4.78 is 5.14. The van der Waals surface area contributed by atoms with Crippen LogP contribution < -0.4 is 10.6 Å². The van der Waals surface area contributed by atoms with Gasteiger partial charge in [0, 0.05) is 23.5 Å². The van der Waals surface area contributed by atoms with Gasteiger partial charge in [0.1, 0.15) is 16.9 Å². The number of furan rings is 1. The van der Waals surface area contributed by atoms with Crippen LogP contribution in [0.4, 0.5) is 4.79 Å². The number of hydrogen-bond donors (Lipinski definition) is 3. The van der Waals surface area contributed by atoms with Gasteiger partial charge in [0.25, 0.3) is 0 Å². The Labute approximate surface area is 133 Å². The van der Waals surface area contributed by atoms with Crippen LogP contribution in [0.5, 0.6) is 0 Å². The fraction of sp³-hybridized carbons (Fsp3) is 0.467. The zero-order valence-corrected chi connectivity index (χ0v) is 13.7. The van der Waals surface area contributed by atoms with Crippen molar-refractivity contribution in [3.05, 3.63) is 40.2 Å². The van der Waals surface area contributed by atoms with Gasteiger partial charge < -0.3 is 20.2 Å². The molecule has 120 valence electrons. The molecule has 0 aliphatic rings. The molecule has 6 nitrogen and oxygen atoms in total. The molecule has 0 aliphatic heterocycles. The third kappa shape index (κ3) is 4.57. The number of nitrogens with zero attached hydrogens (tertiary/aromatic N) is 1. The van der Waals surface area contributed by atoms with E-state index in [1.807, 2.05) is 20.8 Å².